The van der Waals surface area contributed by atoms with Gasteiger partial charge in [0, 0.05) is 0 Å². The van der Waals surface area contributed by atoms with Crippen molar-refractivity contribution in [3.8, 4) is 0 Å². The van der Waals surface area contributed by atoms with Gasteiger partial charge in [-0.2, -0.15) is 11.1 Å². The SMILES string of the molecule is CC(C)(C)c1ccccc1[SiH2]Cl. The molecule has 12 heavy (non-hydrogen) atoms. The van der Waals surface area contributed by atoms with Crippen LogP contribution in [0.3, 0.4) is 0 Å². The fourth-order valence-electron chi connectivity index (χ4n) is 1.37. The Hall–Kier alpha value is -0.273. The molecule has 0 nitrogen and oxygen atoms in total. The van der Waals surface area contributed by atoms with Crippen molar-refractivity contribution in [2.45, 2.75) is 26.2 Å². The molecular formula is C10H15ClSi. The van der Waals surface area contributed by atoms with Crippen LogP contribution in [0.25, 0.3) is 0 Å². The minimum atomic E-state index is -0.545. The van der Waals surface area contributed by atoms with Crippen LogP contribution < -0.4 is 5.19 Å². The minimum Gasteiger partial charge on any atom is -0.170 e. The topological polar surface area (TPSA) is 0 Å². The molecule has 0 fully saturated rings. The molecular weight excluding hydrogens is 184 g/mol. The molecule has 0 aromatic heterocycles. The summed E-state index contributed by atoms with van der Waals surface area (Å²) < 4.78 is 0. The van der Waals surface area contributed by atoms with Crippen molar-refractivity contribution in [2.24, 2.45) is 0 Å². The van der Waals surface area contributed by atoms with Gasteiger partial charge in [0.05, 0.1) is 0 Å². The molecule has 0 spiro atoms. The van der Waals surface area contributed by atoms with Crippen LogP contribution in [-0.2, 0) is 5.41 Å². The van der Waals surface area contributed by atoms with E-state index in [1.807, 2.05) is 0 Å². The Morgan fingerprint density at radius 2 is 1.75 bits per heavy atom. The standard InChI is InChI=1S/C10H15ClSi/c1-10(2,3)8-6-4-5-7-9(8)12-11/h4-7H,12H2,1-3H3. The van der Waals surface area contributed by atoms with E-state index in [0.717, 1.165) is 0 Å². The Balaban J connectivity index is 3.14. The molecule has 0 unspecified atom stereocenters. The Labute approximate surface area is 81.5 Å². The van der Waals surface area contributed by atoms with E-state index in [1.165, 1.54) is 10.8 Å². The van der Waals surface area contributed by atoms with Gasteiger partial charge in [-0.3, -0.25) is 0 Å². The summed E-state index contributed by atoms with van der Waals surface area (Å²) in [6, 6.07) is 8.50. The summed E-state index contributed by atoms with van der Waals surface area (Å²) in [6.45, 7) is 6.69. The van der Waals surface area contributed by atoms with Crippen molar-refractivity contribution in [2.75, 3.05) is 0 Å². The molecule has 1 aromatic rings. The molecule has 1 aromatic carbocycles. The Morgan fingerprint density at radius 3 is 2.17 bits per heavy atom. The maximum atomic E-state index is 5.98. The Kier molecular flexibility index (Phi) is 2.97. The maximum Gasteiger partial charge on any atom is 0.156 e. The first-order valence-corrected chi connectivity index (χ1v) is 7.04. The van der Waals surface area contributed by atoms with Gasteiger partial charge in [-0.25, -0.2) is 0 Å². The third kappa shape index (κ3) is 2.11. The second-order valence-corrected chi connectivity index (χ2v) is 5.87. The van der Waals surface area contributed by atoms with Gasteiger partial charge in [0.1, 0.15) is 0 Å². The molecule has 0 aliphatic carbocycles. The van der Waals surface area contributed by atoms with E-state index < -0.39 is 8.83 Å². The molecule has 0 N–H and O–H groups in total. The number of benzene rings is 1. The first kappa shape index (κ1) is 9.81. The Bertz CT molecular complexity index is 263. The smallest absolute Gasteiger partial charge is 0.156 e. The molecule has 0 amide bonds. The average Bonchev–Trinajstić information content (AvgIpc) is 2.03. The summed E-state index contributed by atoms with van der Waals surface area (Å²) in [5.41, 5.74) is 1.64. The lowest BCUT2D eigenvalue weighted by molar-refractivity contribution is 0.594. The quantitative estimate of drug-likeness (QED) is 0.478. The van der Waals surface area contributed by atoms with Crippen LogP contribution in [0, 0.1) is 0 Å². The van der Waals surface area contributed by atoms with E-state index in [0.29, 0.717) is 0 Å². The van der Waals surface area contributed by atoms with Gasteiger partial charge < -0.3 is 0 Å². The van der Waals surface area contributed by atoms with Crippen LogP contribution in [0.15, 0.2) is 24.3 Å². The zero-order valence-corrected chi connectivity index (χ0v) is 10.1. The van der Waals surface area contributed by atoms with Gasteiger partial charge >= 0.3 is 0 Å². The van der Waals surface area contributed by atoms with Gasteiger partial charge in [-0.05, 0) is 16.2 Å². The highest BCUT2D eigenvalue weighted by Crippen LogP contribution is 2.19. The normalized spacial score (nSPS) is 12.7. The minimum absolute atomic E-state index is 0.235. The van der Waals surface area contributed by atoms with Crippen LogP contribution in [0.2, 0.25) is 0 Å². The lowest BCUT2D eigenvalue weighted by atomic mass is 9.87. The summed E-state index contributed by atoms with van der Waals surface area (Å²) in [5.74, 6) is 0. The second kappa shape index (κ2) is 3.63. The van der Waals surface area contributed by atoms with Gasteiger partial charge in [0.2, 0.25) is 0 Å². The molecule has 2 heteroatoms. The van der Waals surface area contributed by atoms with Crippen molar-refractivity contribution in [3.05, 3.63) is 29.8 Å². The molecule has 0 saturated carbocycles. The van der Waals surface area contributed by atoms with E-state index in [9.17, 15) is 0 Å². The summed E-state index contributed by atoms with van der Waals surface area (Å²) in [4.78, 5) is 0. The summed E-state index contributed by atoms with van der Waals surface area (Å²) in [7, 11) is -0.545. The molecule has 0 aliphatic rings. The number of rotatable bonds is 1. The highest BCUT2D eigenvalue weighted by atomic mass is 35.6. The third-order valence-electron chi connectivity index (χ3n) is 1.97. The fraction of sp³-hybridized carbons (Fsp3) is 0.400. The predicted octanol–water partition coefficient (Wildman–Crippen LogP) is 1.93. The van der Waals surface area contributed by atoms with Gasteiger partial charge in [-0.1, -0.05) is 45.0 Å². The maximum absolute atomic E-state index is 5.98. The van der Waals surface area contributed by atoms with Crippen LogP contribution in [-0.4, -0.2) is 8.83 Å². The largest absolute Gasteiger partial charge is 0.170 e. The average molecular weight is 199 g/mol. The molecule has 0 atom stereocenters. The van der Waals surface area contributed by atoms with E-state index in [4.69, 9.17) is 11.1 Å². The molecule has 0 heterocycles. The second-order valence-electron chi connectivity index (χ2n) is 4.04. The Morgan fingerprint density at radius 1 is 1.17 bits per heavy atom. The van der Waals surface area contributed by atoms with E-state index in [2.05, 4.69) is 45.0 Å². The summed E-state index contributed by atoms with van der Waals surface area (Å²) >= 11 is 5.98. The predicted molar refractivity (Wildman–Crippen MR) is 59.2 cm³/mol. The van der Waals surface area contributed by atoms with Crippen molar-refractivity contribution < 1.29 is 0 Å². The van der Waals surface area contributed by atoms with Crippen molar-refractivity contribution >= 4 is 25.1 Å². The molecule has 0 radical (unpaired) electrons. The van der Waals surface area contributed by atoms with Crippen LogP contribution in [0.4, 0.5) is 0 Å². The monoisotopic (exact) mass is 198 g/mol. The summed E-state index contributed by atoms with van der Waals surface area (Å²) in [5, 5.41) is 1.38. The molecule has 0 saturated heterocycles. The number of hydrogen-bond donors (Lipinski definition) is 0. The molecule has 0 aliphatic heterocycles. The van der Waals surface area contributed by atoms with Crippen LogP contribution >= 0.6 is 11.1 Å². The van der Waals surface area contributed by atoms with E-state index in [-0.39, 0.29) is 5.41 Å². The lowest BCUT2D eigenvalue weighted by Crippen LogP contribution is -2.25. The van der Waals surface area contributed by atoms with Crippen molar-refractivity contribution in [1.82, 2.24) is 0 Å². The van der Waals surface area contributed by atoms with Crippen molar-refractivity contribution in [3.63, 3.8) is 0 Å². The molecule has 0 bridgehead atoms. The van der Waals surface area contributed by atoms with Gasteiger partial charge in [0.25, 0.3) is 0 Å². The number of hydrogen-bond acceptors (Lipinski definition) is 0. The first-order chi connectivity index (χ1) is 5.55. The van der Waals surface area contributed by atoms with Crippen LogP contribution in [0.1, 0.15) is 26.3 Å². The van der Waals surface area contributed by atoms with E-state index >= 15 is 0 Å². The number of halogens is 1. The zero-order valence-electron chi connectivity index (χ0n) is 7.89. The molecule has 66 valence electrons. The van der Waals surface area contributed by atoms with Crippen molar-refractivity contribution in [1.29, 1.82) is 0 Å². The first-order valence-electron chi connectivity index (χ1n) is 4.20. The highest BCUT2D eigenvalue weighted by molar-refractivity contribution is 7.01. The highest BCUT2D eigenvalue weighted by Gasteiger charge is 2.16. The van der Waals surface area contributed by atoms with Gasteiger partial charge in [-0.15, -0.1) is 0 Å². The molecule has 1 rings (SSSR count). The lowest BCUT2D eigenvalue weighted by Gasteiger charge is -2.21. The summed E-state index contributed by atoms with van der Waals surface area (Å²) in [6.07, 6.45) is 0. The van der Waals surface area contributed by atoms with Crippen LogP contribution in [0.5, 0.6) is 0 Å². The fourth-order valence-corrected chi connectivity index (χ4v) is 3.08. The van der Waals surface area contributed by atoms with E-state index in [1.54, 1.807) is 0 Å². The third-order valence-corrected chi connectivity index (χ3v) is 3.74. The zero-order chi connectivity index (χ0) is 9.19. The van der Waals surface area contributed by atoms with Gasteiger partial charge in [0.15, 0.2) is 8.83 Å².